The van der Waals surface area contributed by atoms with Crippen LogP contribution in [0.1, 0.15) is 38.3 Å². The lowest BCUT2D eigenvalue weighted by molar-refractivity contribution is 0.865. The molecule has 0 aliphatic rings. The summed E-state index contributed by atoms with van der Waals surface area (Å²) in [5.41, 5.74) is 11.1. The van der Waals surface area contributed by atoms with E-state index in [9.17, 15) is 0 Å². The molecule has 0 aliphatic carbocycles. The summed E-state index contributed by atoms with van der Waals surface area (Å²) in [6.45, 7) is 8.26. The topological polar surface area (TPSA) is 38.9 Å². The minimum Gasteiger partial charge on any atom is -0.320 e. The van der Waals surface area contributed by atoms with E-state index >= 15 is 0 Å². The standard InChI is InChI=1S/C14H18N2S/c1-8-5-6-9(2)12(7-8)13(15)14-10(3)16-11(4)17-14/h5-7,13H,15H2,1-4H3. The van der Waals surface area contributed by atoms with Crippen molar-refractivity contribution in [2.45, 2.75) is 33.7 Å². The average molecular weight is 246 g/mol. The quantitative estimate of drug-likeness (QED) is 0.881. The third-order valence-corrected chi connectivity index (χ3v) is 4.15. The van der Waals surface area contributed by atoms with E-state index in [1.807, 2.05) is 13.8 Å². The molecular formula is C14H18N2S. The number of rotatable bonds is 2. The number of nitrogens with two attached hydrogens (primary N) is 1. The second-order valence-electron chi connectivity index (χ2n) is 4.52. The average Bonchev–Trinajstić information content (AvgIpc) is 2.60. The fraction of sp³-hybridized carbons (Fsp3) is 0.357. The zero-order chi connectivity index (χ0) is 12.6. The fourth-order valence-corrected chi connectivity index (χ4v) is 3.02. The van der Waals surface area contributed by atoms with E-state index < -0.39 is 0 Å². The Morgan fingerprint density at radius 1 is 1.18 bits per heavy atom. The summed E-state index contributed by atoms with van der Waals surface area (Å²) in [5, 5.41) is 1.08. The van der Waals surface area contributed by atoms with E-state index in [1.54, 1.807) is 11.3 Å². The molecular weight excluding hydrogens is 228 g/mol. The van der Waals surface area contributed by atoms with Crippen molar-refractivity contribution in [3.8, 4) is 0 Å². The lowest BCUT2D eigenvalue weighted by atomic mass is 9.98. The number of nitrogens with zero attached hydrogens (tertiary/aromatic N) is 1. The van der Waals surface area contributed by atoms with Gasteiger partial charge in [-0.25, -0.2) is 4.98 Å². The minimum atomic E-state index is -0.0545. The Balaban J connectivity index is 2.46. The molecule has 1 atom stereocenters. The molecule has 2 N–H and O–H groups in total. The second-order valence-corrected chi connectivity index (χ2v) is 5.76. The molecule has 90 valence electrons. The molecule has 2 aromatic rings. The van der Waals surface area contributed by atoms with Crippen LogP contribution < -0.4 is 5.73 Å². The number of hydrogen-bond donors (Lipinski definition) is 1. The van der Waals surface area contributed by atoms with Crippen LogP contribution in [-0.2, 0) is 0 Å². The van der Waals surface area contributed by atoms with Crippen LogP contribution in [0.3, 0.4) is 0 Å². The first kappa shape index (κ1) is 12.3. The van der Waals surface area contributed by atoms with Crippen LogP contribution >= 0.6 is 11.3 Å². The normalized spacial score (nSPS) is 12.8. The highest BCUT2D eigenvalue weighted by Gasteiger charge is 2.17. The summed E-state index contributed by atoms with van der Waals surface area (Å²) >= 11 is 1.70. The van der Waals surface area contributed by atoms with Crippen LogP contribution in [0.15, 0.2) is 18.2 Å². The number of thiazole rings is 1. The van der Waals surface area contributed by atoms with Gasteiger partial charge in [0.05, 0.1) is 16.7 Å². The van der Waals surface area contributed by atoms with E-state index in [2.05, 4.69) is 37.0 Å². The Hall–Kier alpha value is -1.19. The summed E-state index contributed by atoms with van der Waals surface area (Å²) in [6, 6.07) is 6.37. The molecule has 1 aromatic carbocycles. The Morgan fingerprint density at radius 3 is 2.47 bits per heavy atom. The van der Waals surface area contributed by atoms with Crippen LogP contribution in [0.4, 0.5) is 0 Å². The van der Waals surface area contributed by atoms with Crippen LogP contribution in [0.2, 0.25) is 0 Å². The van der Waals surface area contributed by atoms with E-state index in [0.29, 0.717) is 0 Å². The van der Waals surface area contributed by atoms with Crippen LogP contribution in [-0.4, -0.2) is 4.98 Å². The minimum absolute atomic E-state index is 0.0545. The van der Waals surface area contributed by atoms with Gasteiger partial charge in [0.2, 0.25) is 0 Å². The van der Waals surface area contributed by atoms with Crippen LogP contribution in [0.25, 0.3) is 0 Å². The maximum Gasteiger partial charge on any atom is 0.0900 e. The molecule has 3 heteroatoms. The Morgan fingerprint density at radius 2 is 1.88 bits per heavy atom. The molecule has 1 heterocycles. The Labute approximate surface area is 107 Å². The lowest BCUT2D eigenvalue weighted by Gasteiger charge is -2.14. The van der Waals surface area contributed by atoms with E-state index in [-0.39, 0.29) is 6.04 Å². The van der Waals surface area contributed by atoms with Crippen molar-refractivity contribution in [3.05, 3.63) is 50.5 Å². The summed E-state index contributed by atoms with van der Waals surface area (Å²) in [4.78, 5) is 5.63. The van der Waals surface area contributed by atoms with Gasteiger partial charge in [0, 0.05) is 4.88 Å². The summed E-state index contributed by atoms with van der Waals surface area (Å²) in [6.07, 6.45) is 0. The molecule has 0 amide bonds. The SMILES string of the molecule is Cc1ccc(C)c(C(N)c2sc(C)nc2C)c1. The predicted molar refractivity (Wildman–Crippen MR) is 73.5 cm³/mol. The predicted octanol–water partition coefficient (Wildman–Crippen LogP) is 3.42. The first-order valence-corrected chi connectivity index (χ1v) is 6.57. The highest BCUT2D eigenvalue weighted by Crippen LogP contribution is 2.30. The number of aromatic nitrogens is 1. The molecule has 2 nitrogen and oxygen atoms in total. The van der Waals surface area contributed by atoms with Crippen LogP contribution in [0, 0.1) is 27.7 Å². The van der Waals surface area contributed by atoms with Gasteiger partial charge in [-0.15, -0.1) is 11.3 Å². The van der Waals surface area contributed by atoms with E-state index in [0.717, 1.165) is 10.7 Å². The number of aryl methyl sites for hydroxylation is 4. The highest BCUT2D eigenvalue weighted by molar-refractivity contribution is 7.11. The van der Waals surface area contributed by atoms with Crippen molar-refractivity contribution in [3.63, 3.8) is 0 Å². The first-order chi connectivity index (χ1) is 7.99. The molecule has 1 unspecified atom stereocenters. The molecule has 0 bridgehead atoms. The molecule has 0 aliphatic heterocycles. The molecule has 0 saturated heterocycles. The second kappa shape index (κ2) is 4.59. The van der Waals surface area contributed by atoms with Gasteiger partial charge < -0.3 is 5.73 Å². The largest absolute Gasteiger partial charge is 0.320 e. The van der Waals surface area contributed by atoms with Gasteiger partial charge in [-0.05, 0) is 38.8 Å². The fourth-order valence-electron chi connectivity index (χ4n) is 2.07. The summed E-state index contributed by atoms with van der Waals surface area (Å²) < 4.78 is 0. The van der Waals surface area contributed by atoms with Crippen molar-refractivity contribution in [2.24, 2.45) is 5.73 Å². The van der Waals surface area contributed by atoms with Gasteiger partial charge in [0.15, 0.2) is 0 Å². The molecule has 0 radical (unpaired) electrons. The molecule has 0 saturated carbocycles. The van der Waals surface area contributed by atoms with Crippen molar-refractivity contribution >= 4 is 11.3 Å². The van der Waals surface area contributed by atoms with Gasteiger partial charge in [0.25, 0.3) is 0 Å². The van der Waals surface area contributed by atoms with E-state index in [4.69, 9.17) is 5.73 Å². The van der Waals surface area contributed by atoms with Gasteiger partial charge in [-0.3, -0.25) is 0 Å². The van der Waals surface area contributed by atoms with Crippen molar-refractivity contribution in [1.29, 1.82) is 0 Å². The highest BCUT2D eigenvalue weighted by atomic mass is 32.1. The molecule has 0 fully saturated rings. The smallest absolute Gasteiger partial charge is 0.0900 e. The van der Waals surface area contributed by atoms with E-state index in [1.165, 1.54) is 21.6 Å². The van der Waals surface area contributed by atoms with Crippen LogP contribution in [0.5, 0.6) is 0 Å². The van der Waals surface area contributed by atoms with Gasteiger partial charge in [-0.1, -0.05) is 23.8 Å². The summed E-state index contributed by atoms with van der Waals surface area (Å²) in [7, 11) is 0. The van der Waals surface area contributed by atoms with Gasteiger partial charge in [-0.2, -0.15) is 0 Å². The molecule has 17 heavy (non-hydrogen) atoms. The maximum atomic E-state index is 6.37. The Bertz CT molecular complexity index is 543. The van der Waals surface area contributed by atoms with Crippen molar-refractivity contribution < 1.29 is 0 Å². The Kier molecular flexibility index (Phi) is 3.31. The first-order valence-electron chi connectivity index (χ1n) is 5.75. The number of benzene rings is 1. The molecule has 0 spiro atoms. The van der Waals surface area contributed by atoms with Gasteiger partial charge in [0.1, 0.15) is 0 Å². The zero-order valence-corrected chi connectivity index (χ0v) is 11.6. The zero-order valence-electron chi connectivity index (χ0n) is 10.7. The lowest BCUT2D eigenvalue weighted by Crippen LogP contribution is -2.13. The monoisotopic (exact) mass is 246 g/mol. The van der Waals surface area contributed by atoms with Crippen molar-refractivity contribution in [1.82, 2.24) is 4.98 Å². The summed E-state index contributed by atoms with van der Waals surface area (Å²) in [5.74, 6) is 0. The van der Waals surface area contributed by atoms with Gasteiger partial charge >= 0.3 is 0 Å². The third kappa shape index (κ3) is 2.40. The number of hydrogen-bond acceptors (Lipinski definition) is 3. The third-order valence-electron chi connectivity index (χ3n) is 2.99. The molecule has 1 aromatic heterocycles. The van der Waals surface area contributed by atoms with Crippen molar-refractivity contribution in [2.75, 3.05) is 0 Å². The molecule has 2 rings (SSSR count). The maximum absolute atomic E-state index is 6.37.